The molecule has 0 amide bonds. The number of para-hydroxylation sites is 2. The van der Waals surface area contributed by atoms with E-state index in [9.17, 15) is 0 Å². The van der Waals surface area contributed by atoms with E-state index in [0.717, 1.165) is 5.69 Å². The second-order valence-electron chi connectivity index (χ2n) is 13.6. The molecule has 0 radical (unpaired) electrons. The van der Waals surface area contributed by atoms with Crippen molar-refractivity contribution >= 4 is 49.6 Å². The summed E-state index contributed by atoms with van der Waals surface area (Å²) in [5.41, 5.74) is 14.9. The van der Waals surface area contributed by atoms with Crippen LogP contribution in [0.1, 0.15) is 36.1 Å². The first-order valence-electron chi connectivity index (χ1n) is 16.5. The van der Waals surface area contributed by atoms with Gasteiger partial charge < -0.3 is 9.47 Å². The molecule has 0 spiro atoms. The zero-order valence-corrected chi connectivity index (χ0v) is 27.3. The molecule has 0 fully saturated rings. The van der Waals surface area contributed by atoms with Gasteiger partial charge in [-0.2, -0.15) is 0 Å². The maximum atomic E-state index is 2.47. The lowest BCUT2D eigenvalue weighted by Crippen LogP contribution is -2.17. The third kappa shape index (κ3) is 4.11. The zero-order valence-electron chi connectivity index (χ0n) is 27.3. The summed E-state index contributed by atoms with van der Waals surface area (Å²) < 4.78 is 2.43. The molecular weight excluding hydrogens is 569 g/mol. The lowest BCUT2D eigenvalue weighted by molar-refractivity contribution is 0.660. The number of benzene rings is 7. The Bertz CT molecular complexity index is 2460. The Labute approximate surface area is 276 Å². The molecule has 2 nitrogen and oxygen atoms in total. The predicted octanol–water partition coefficient (Wildman–Crippen LogP) is 12.3. The molecule has 2 heteroatoms. The van der Waals surface area contributed by atoms with E-state index in [1.807, 2.05) is 0 Å². The van der Waals surface area contributed by atoms with Gasteiger partial charge in [0.1, 0.15) is 0 Å². The fourth-order valence-electron chi connectivity index (χ4n) is 7.96. The normalized spacial score (nSPS) is 13.3. The van der Waals surface area contributed by atoms with Crippen LogP contribution in [0.15, 0.2) is 146 Å². The van der Waals surface area contributed by atoms with Crippen LogP contribution in [0, 0.1) is 13.8 Å². The monoisotopic (exact) mass is 604 g/mol. The van der Waals surface area contributed by atoms with Crippen molar-refractivity contribution < 1.29 is 0 Å². The van der Waals surface area contributed by atoms with Crippen LogP contribution in [0.5, 0.6) is 0 Å². The molecule has 1 aliphatic carbocycles. The molecule has 1 heterocycles. The molecule has 7 aromatic carbocycles. The number of anilines is 3. The minimum atomic E-state index is -0.205. The Morgan fingerprint density at radius 1 is 0.489 bits per heavy atom. The van der Waals surface area contributed by atoms with Crippen molar-refractivity contribution in [3.05, 3.63) is 168 Å². The largest absolute Gasteiger partial charge is 0.310 e. The average Bonchev–Trinajstić information content (AvgIpc) is 3.54. The van der Waals surface area contributed by atoms with Gasteiger partial charge in [-0.05, 0) is 102 Å². The van der Waals surface area contributed by atoms with Gasteiger partial charge in [0.15, 0.2) is 0 Å². The Morgan fingerprint density at radius 2 is 1.13 bits per heavy atom. The maximum Gasteiger partial charge on any atom is 0.0543 e. The zero-order chi connectivity index (χ0) is 31.9. The van der Waals surface area contributed by atoms with E-state index in [1.54, 1.807) is 0 Å². The van der Waals surface area contributed by atoms with E-state index in [1.165, 1.54) is 83.0 Å². The number of aromatic nitrogens is 1. The molecule has 1 aliphatic rings. The minimum absolute atomic E-state index is 0.205. The van der Waals surface area contributed by atoms with Gasteiger partial charge in [-0.25, -0.2) is 0 Å². The van der Waals surface area contributed by atoms with Gasteiger partial charge >= 0.3 is 0 Å². The molecule has 8 aromatic rings. The number of fused-ring (bicyclic) bond motifs is 8. The van der Waals surface area contributed by atoms with Crippen LogP contribution in [0.2, 0.25) is 0 Å². The van der Waals surface area contributed by atoms with Gasteiger partial charge in [-0.3, -0.25) is 0 Å². The van der Waals surface area contributed by atoms with E-state index in [-0.39, 0.29) is 5.41 Å². The highest BCUT2D eigenvalue weighted by Crippen LogP contribution is 2.55. The first-order chi connectivity index (χ1) is 22.9. The lowest BCUT2D eigenvalue weighted by Gasteiger charge is -2.30. The molecule has 0 unspecified atom stereocenters. The molecule has 226 valence electrons. The van der Waals surface area contributed by atoms with Crippen LogP contribution in [0.4, 0.5) is 17.1 Å². The number of hydrogen-bond donors (Lipinski definition) is 0. The van der Waals surface area contributed by atoms with Crippen molar-refractivity contribution in [3.8, 4) is 16.8 Å². The topological polar surface area (TPSA) is 8.17 Å². The van der Waals surface area contributed by atoms with E-state index in [0.29, 0.717) is 0 Å². The Kier molecular flexibility index (Phi) is 6.01. The minimum Gasteiger partial charge on any atom is -0.310 e. The second-order valence-corrected chi connectivity index (χ2v) is 13.6. The van der Waals surface area contributed by atoms with Crippen LogP contribution in [-0.4, -0.2) is 4.57 Å². The maximum absolute atomic E-state index is 2.47. The third-order valence-corrected chi connectivity index (χ3v) is 10.3. The fraction of sp³-hybridized carbons (Fsp3) is 0.111. The van der Waals surface area contributed by atoms with Crippen LogP contribution in [-0.2, 0) is 5.41 Å². The van der Waals surface area contributed by atoms with E-state index < -0.39 is 0 Å². The highest BCUT2D eigenvalue weighted by atomic mass is 15.1. The van der Waals surface area contributed by atoms with Gasteiger partial charge in [0.25, 0.3) is 0 Å². The SMILES string of the molecule is Cc1ccc(N(c2cccc(C)c2)c2cc3c(c4ccccc24)-c2ccc(-n4c5ccccc5c5ccccc54)cc2C3(C)C)cc1. The van der Waals surface area contributed by atoms with E-state index >= 15 is 0 Å². The summed E-state index contributed by atoms with van der Waals surface area (Å²) in [6.07, 6.45) is 0. The van der Waals surface area contributed by atoms with Crippen molar-refractivity contribution in [1.82, 2.24) is 4.57 Å². The van der Waals surface area contributed by atoms with Crippen LogP contribution >= 0.6 is 0 Å². The lowest BCUT2D eigenvalue weighted by atomic mass is 9.81. The van der Waals surface area contributed by atoms with Crippen molar-refractivity contribution in [2.45, 2.75) is 33.1 Å². The van der Waals surface area contributed by atoms with Crippen molar-refractivity contribution in [3.63, 3.8) is 0 Å². The smallest absolute Gasteiger partial charge is 0.0543 e. The van der Waals surface area contributed by atoms with Crippen molar-refractivity contribution in [2.24, 2.45) is 0 Å². The van der Waals surface area contributed by atoms with E-state index in [4.69, 9.17) is 0 Å². The standard InChI is InChI=1S/C45H36N2/c1-29-20-22-31(23-21-29)46(32-13-11-12-30(2)26-32)43-28-40-44(37-17-6-5-16-36(37)43)38-25-24-33(27-39(38)45(40,3)4)47-41-18-9-7-14-34(41)35-15-8-10-19-42(35)47/h5-28H,1-4H3. The summed E-state index contributed by atoms with van der Waals surface area (Å²) in [7, 11) is 0. The third-order valence-electron chi connectivity index (χ3n) is 10.3. The summed E-state index contributed by atoms with van der Waals surface area (Å²) in [6.45, 7) is 9.12. The molecule has 0 N–H and O–H groups in total. The highest BCUT2D eigenvalue weighted by molar-refractivity contribution is 6.11. The fourth-order valence-corrected chi connectivity index (χ4v) is 7.96. The van der Waals surface area contributed by atoms with Crippen molar-refractivity contribution in [2.75, 3.05) is 4.90 Å². The van der Waals surface area contributed by atoms with Crippen molar-refractivity contribution in [1.29, 1.82) is 0 Å². The van der Waals surface area contributed by atoms with Crippen LogP contribution < -0.4 is 4.90 Å². The molecular formula is C45H36N2. The number of rotatable bonds is 4. The summed E-state index contributed by atoms with van der Waals surface area (Å²) in [5, 5.41) is 5.12. The number of nitrogens with zero attached hydrogens (tertiary/aromatic N) is 2. The van der Waals surface area contributed by atoms with Gasteiger partial charge in [0.05, 0.1) is 16.7 Å². The Morgan fingerprint density at radius 3 is 1.81 bits per heavy atom. The Balaban J connectivity index is 1.29. The summed E-state index contributed by atoms with van der Waals surface area (Å²) >= 11 is 0. The molecule has 9 rings (SSSR count). The Hall–Kier alpha value is -5.60. The number of hydrogen-bond acceptors (Lipinski definition) is 1. The molecule has 0 atom stereocenters. The van der Waals surface area contributed by atoms with E-state index in [2.05, 4.69) is 183 Å². The predicted molar refractivity (Wildman–Crippen MR) is 200 cm³/mol. The molecule has 1 aromatic heterocycles. The number of aryl methyl sites for hydroxylation is 2. The second kappa shape index (κ2) is 10.2. The van der Waals surface area contributed by atoms with Crippen LogP contribution in [0.3, 0.4) is 0 Å². The quantitative estimate of drug-likeness (QED) is 0.194. The average molecular weight is 605 g/mol. The molecule has 47 heavy (non-hydrogen) atoms. The summed E-state index contributed by atoms with van der Waals surface area (Å²) in [5.74, 6) is 0. The molecule has 0 saturated heterocycles. The molecule has 0 aliphatic heterocycles. The summed E-state index contributed by atoms with van der Waals surface area (Å²) in [6, 6.07) is 53.9. The van der Waals surface area contributed by atoms with Gasteiger partial charge in [0, 0.05) is 38.6 Å². The van der Waals surface area contributed by atoms with Crippen LogP contribution in [0.25, 0.3) is 49.4 Å². The summed E-state index contributed by atoms with van der Waals surface area (Å²) in [4.78, 5) is 2.44. The molecule has 0 bridgehead atoms. The first kappa shape index (κ1) is 27.7. The first-order valence-corrected chi connectivity index (χ1v) is 16.5. The molecule has 0 saturated carbocycles. The van der Waals surface area contributed by atoms with Gasteiger partial charge in [-0.1, -0.05) is 110 Å². The highest BCUT2D eigenvalue weighted by Gasteiger charge is 2.38. The van der Waals surface area contributed by atoms with Gasteiger partial charge in [0.2, 0.25) is 0 Å². The van der Waals surface area contributed by atoms with Gasteiger partial charge in [-0.15, -0.1) is 0 Å².